The van der Waals surface area contributed by atoms with E-state index in [1.165, 1.54) is 0 Å². The molecule has 0 aliphatic carbocycles. The van der Waals surface area contributed by atoms with Gasteiger partial charge in [-0.25, -0.2) is 0 Å². The lowest BCUT2D eigenvalue weighted by Gasteiger charge is -2.46. The molecule has 0 saturated heterocycles. The molecule has 0 aliphatic rings. The molecule has 0 aromatic carbocycles. The zero-order valence-electron chi connectivity index (χ0n) is 11.5. The maximum atomic E-state index is 11.0. The van der Waals surface area contributed by atoms with E-state index in [9.17, 15) is 19.2 Å². The predicted octanol–water partition coefficient (Wildman–Crippen LogP) is -2.14. The Kier molecular flexibility index (Phi) is 6.90. The Balaban J connectivity index is 6.06. The van der Waals surface area contributed by atoms with Crippen LogP contribution in [0.25, 0.3) is 0 Å². The van der Waals surface area contributed by atoms with Crippen molar-refractivity contribution in [2.24, 2.45) is 5.73 Å². The molecule has 0 unspecified atom stereocenters. The van der Waals surface area contributed by atoms with Crippen LogP contribution >= 0.6 is 0 Å². The van der Waals surface area contributed by atoms with E-state index in [2.05, 4.69) is 5.32 Å². The zero-order chi connectivity index (χ0) is 17.6. The summed E-state index contributed by atoms with van der Waals surface area (Å²) < 4.78 is 0. The summed E-state index contributed by atoms with van der Waals surface area (Å²) in [5.41, 5.74) is 1.37. The van der Waals surface area contributed by atoms with Gasteiger partial charge in [0, 0.05) is 0 Å². The van der Waals surface area contributed by atoms with Gasteiger partial charge >= 0.3 is 23.9 Å². The molecule has 8 N–H and O–H groups in total. The number of aliphatic carboxylic acids is 4. The Morgan fingerprint density at radius 3 is 1.32 bits per heavy atom. The van der Waals surface area contributed by atoms with Crippen molar-refractivity contribution in [1.29, 1.82) is 0 Å². The van der Waals surface area contributed by atoms with Gasteiger partial charge in [-0.15, -0.1) is 0 Å². The minimum Gasteiger partial charge on any atom is -0.481 e. The quantitative estimate of drug-likeness (QED) is 0.204. The first-order valence-electron chi connectivity index (χ1n) is 6.00. The Bertz CT molecular complexity index is 430. The SMILES string of the molecule is NC(CC(=O)O)(CC(=O)O)C(CC(=O)O)(CC(=O)O)NCO. The molecule has 0 bridgehead atoms. The Hall–Kier alpha value is -2.24. The largest absolute Gasteiger partial charge is 0.481 e. The summed E-state index contributed by atoms with van der Waals surface area (Å²) in [5, 5.41) is 46.9. The summed E-state index contributed by atoms with van der Waals surface area (Å²) in [5.74, 6) is -6.15. The fraction of sp³-hybridized carbons (Fsp3) is 0.636. The highest BCUT2D eigenvalue weighted by atomic mass is 16.4. The third-order valence-electron chi connectivity index (χ3n) is 3.21. The van der Waals surface area contributed by atoms with Crippen LogP contribution < -0.4 is 11.1 Å². The number of rotatable bonds is 11. The molecular weight excluding hydrogens is 304 g/mol. The standard InChI is InChI=1S/C11H18N2O9/c12-10(1-6(15)16,2-7(17)18)11(13-5-14,3-8(19)20)4-9(21)22/h13-14H,1-5,12H2,(H,15,16)(H,17,18)(H,19,20)(H,21,22). The summed E-state index contributed by atoms with van der Waals surface area (Å²) in [6.45, 7) is -0.918. The number of nitrogens with two attached hydrogens (primary N) is 1. The van der Waals surface area contributed by atoms with E-state index in [1.54, 1.807) is 0 Å². The number of aliphatic hydroxyl groups is 1. The predicted molar refractivity (Wildman–Crippen MR) is 68.9 cm³/mol. The van der Waals surface area contributed by atoms with Gasteiger partial charge in [-0.05, 0) is 0 Å². The van der Waals surface area contributed by atoms with Gasteiger partial charge in [0.15, 0.2) is 0 Å². The van der Waals surface area contributed by atoms with Gasteiger partial charge in [0.1, 0.15) is 0 Å². The molecule has 0 spiro atoms. The van der Waals surface area contributed by atoms with Gasteiger partial charge in [-0.2, -0.15) is 0 Å². The number of carboxylic acid groups (broad SMARTS) is 4. The molecule has 0 fully saturated rings. The highest BCUT2D eigenvalue weighted by Gasteiger charge is 2.53. The number of aliphatic hydroxyl groups excluding tert-OH is 1. The van der Waals surface area contributed by atoms with Gasteiger partial charge in [-0.3, -0.25) is 24.5 Å². The maximum absolute atomic E-state index is 11.0. The molecule has 126 valence electrons. The first-order valence-corrected chi connectivity index (χ1v) is 6.00. The van der Waals surface area contributed by atoms with E-state index >= 15 is 0 Å². The second-order valence-corrected chi connectivity index (χ2v) is 4.86. The van der Waals surface area contributed by atoms with Crippen molar-refractivity contribution in [3.8, 4) is 0 Å². The number of hydrogen-bond acceptors (Lipinski definition) is 7. The topological polar surface area (TPSA) is 207 Å². The van der Waals surface area contributed by atoms with Crippen LogP contribution in [-0.2, 0) is 19.2 Å². The molecule has 0 aromatic heterocycles. The summed E-state index contributed by atoms with van der Waals surface area (Å²) in [7, 11) is 0. The molecule has 0 amide bonds. The van der Waals surface area contributed by atoms with Crippen molar-refractivity contribution in [2.45, 2.75) is 36.8 Å². The van der Waals surface area contributed by atoms with E-state index in [4.69, 9.17) is 31.3 Å². The minimum atomic E-state index is -2.26. The van der Waals surface area contributed by atoms with Crippen molar-refractivity contribution in [3.05, 3.63) is 0 Å². The zero-order valence-corrected chi connectivity index (χ0v) is 11.5. The highest BCUT2D eigenvalue weighted by Crippen LogP contribution is 2.34. The van der Waals surface area contributed by atoms with Crippen molar-refractivity contribution in [3.63, 3.8) is 0 Å². The van der Waals surface area contributed by atoms with Gasteiger partial charge in [0.25, 0.3) is 0 Å². The fourth-order valence-corrected chi connectivity index (χ4v) is 2.32. The second kappa shape index (κ2) is 7.68. The van der Waals surface area contributed by atoms with Gasteiger partial charge < -0.3 is 31.3 Å². The lowest BCUT2D eigenvalue weighted by atomic mass is 9.69. The Labute approximate surface area is 124 Å². The molecule has 0 heterocycles. The number of carboxylic acids is 4. The first kappa shape index (κ1) is 19.8. The van der Waals surface area contributed by atoms with Crippen molar-refractivity contribution >= 4 is 23.9 Å². The molecule has 11 heteroatoms. The number of hydrogen-bond donors (Lipinski definition) is 7. The molecule has 0 aromatic rings. The van der Waals surface area contributed by atoms with Crippen LogP contribution in [0.5, 0.6) is 0 Å². The smallest absolute Gasteiger partial charge is 0.305 e. The molecule has 0 saturated carbocycles. The molecule has 0 radical (unpaired) electrons. The van der Waals surface area contributed by atoms with Gasteiger partial charge in [-0.1, -0.05) is 0 Å². The van der Waals surface area contributed by atoms with Crippen LogP contribution in [0.4, 0.5) is 0 Å². The van der Waals surface area contributed by atoms with Gasteiger partial charge in [0.2, 0.25) is 0 Å². The van der Waals surface area contributed by atoms with Crippen molar-refractivity contribution in [2.75, 3.05) is 6.73 Å². The molecule has 11 nitrogen and oxygen atoms in total. The second-order valence-electron chi connectivity index (χ2n) is 4.86. The van der Waals surface area contributed by atoms with Crippen molar-refractivity contribution < 1.29 is 44.7 Å². The normalized spacial score (nSPS) is 11.9. The van der Waals surface area contributed by atoms with Gasteiger partial charge in [0.05, 0.1) is 43.5 Å². The Morgan fingerprint density at radius 1 is 0.773 bits per heavy atom. The summed E-state index contributed by atoms with van der Waals surface area (Å²) in [6.07, 6.45) is -3.99. The molecule has 0 aliphatic heterocycles. The summed E-state index contributed by atoms with van der Waals surface area (Å²) >= 11 is 0. The van der Waals surface area contributed by atoms with Crippen LogP contribution in [-0.4, -0.2) is 67.2 Å². The van der Waals surface area contributed by atoms with Crippen LogP contribution in [0.1, 0.15) is 25.7 Å². The molecule has 22 heavy (non-hydrogen) atoms. The van der Waals surface area contributed by atoms with Crippen LogP contribution in [0.15, 0.2) is 0 Å². The summed E-state index contributed by atoms with van der Waals surface area (Å²) in [6, 6.07) is 0. The Morgan fingerprint density at radius 2 is 1.09 bits per heavy atom. The lowest BCUT2D eigenvalue weighted by molar-refractivity contribution is -0.151. The molecule has 0 atom stereocenters. The fourth-order valence-electron chi connectivity index (χ4n) is 2.32. The lowest BCUT2D eigenvalue weighted by Crippen LogP contribution is -2.70. The maximum Gasteiger partial charge on any atom is 0.305 e. The summed E-state index contributed by atoms with van der Waals surface area (Å²) in [4.78, 5) is 44.0. The third kappa shape index (κ3) is 5.27. The number of nitrogens with one attached hydrogen (secondary N) is 1. The van der Waals surface area contributed by atoms with E-state index in [0.717, 1.165) is 0 Å². The third-order valence-corrected chi connectivity index (χ3v) is 3.21. The van der Waals surface area contributed by atoms with E-state index in [0.29, 0.717) is 0 Å². The number of carbonyl (C=O) groups is 4. The van der Waals surface area contributed by atoms with Crippen LogP contribution in [0.3, 0.4) is 0 Å². The van der Waals surface area contributed by atoms with Crippen LogP contribution in [0.2, 0.25) is 0 Å². The first-order chi connectivity index (χ1) is 9.98. The monoisotopic (exact) mass is 322 g/mol. The average molecular weight is 322 g/mol. The molecular formula is C11H18N2O9. The minimum absolute atomic E-state index is 0.918. The van der Waals surface area contributed by atoms with E-state index in [1.807, 2.05) is 0 Å². The highest BCUT2D eigenvalue weighted by molar-refractivity contribution is 5.78. The van der Waals surface area contributed by atoms with Crippen LogP contribution in [0, 0.1) is 0 Å². The van der Waals surface area contributed by atoms with E-state index in [-0.39, 0.29) is 0 Å². The van der Waals surface area contributed by atoms with Crippen molar-refractivity contribution in [1.82, 2.24) is 5.32 Å². The van der Waals surface area contributed by atoms with E-state index < -0.39 is 67.4 Å². The average Bonchev–Trinajstić information content (AvgIpc) is 2.24. The molecule has 0 rings (SSSR count).